The number of hydrogen-bond donors (Lipinski definition) is 1. The summed E-state index contributed by atoms with van der Waals surface area (Å²) in [6.07, 6.45) is 6.33. The molecule has 1 N–H and O–H groups in total. The highest BCUT2D eigenvalue weighted by molar-refractivity contribution is 5.75. The van der Waals surface area contributed by atoms with Crippen LogP contribution in [0.2, 0.25) is 0 Å². The standard InChI is InChI=1S/C17H24N6O2/c1-22(10-15-20-17(21-25-15)12-4-5-12)16(24)11-23-14(6-8-19-23)13-3-2-7-18-9-13/h6,8,12-13,18H,2-5,7,9-11H2,1H3/t13-/m0/s1. The lowest BCUT2D eigenvalue weighted by Gasteiger charge is -2.24. The van der Waals surface area contributed by atoms with Gasteiger partial charge in [-0.25, -0.2) is 0 Å². The summed E-state index contributed by atoms with van der Waals surface area (Å²) in [7, 11) is 1.76. The van der Waals surface area contributed by atoms with Gasteiger partial charge in [-0.1, -0.05) is 5.16 Å². The molecule has 25 heavy (non-hydrogen) atoms. The highest BCUT2D eigenvalue weighted by atomic mass is 16.5. The Kier molecular flexibility index (Phi) is 4.52. The van der Waals surface area contributed by atoms with E-state index in [1.54, 1.807) is 18.1 Å². The Morgan fingerprint density at radius 2 is 2.28 bits per heavy atom. The average molecular weight is 344 g/mol. The van der Waals surface area contributed by atoms with Crippen molar-refractivity contribution in [2.75, 3.05) is 20.1 Å². The van der Waals surface area contributed by atoms with Crippen molar-refractivity contribution in [3.63, 3.8) is 0 Å². The molecule has 134 valence electrons. The van der Waals surface area contributed by atoms with E-state index in [-0.39, 0.29) is 12.5 Å². The van der Waals surface area contributed by atoms with E-state index in [9.17, 15) is 4.79 Å². The van der Waals surface area contributed by atoms with Crippen LogP contribution in [-0.4, -0.2) is 50.9 Å². The molecule has 1 aliphatic heterocycles. The van der Waals surface area contributed by atoms with Crippen molar-refractivity contribution in [3.05, 3.63) is 29.7 Å². The molecule has 0 unspecified atom stereocenters. The van der Waals surface area contributed by atoms with Gasteiger partial charge in [0.25, 0.3) is 0 Å². The molecule has 1 atom stereocenters. The highest BCUT2D eigenvalue weighted by Gasteiger charge is 2.29. The maximum Gasteiger partial charge on any atom is 0.246 e. The number of amides is 1. The summed E-state index contributed by atoms with van der Waals surface area (Å²) in [5.74, 6) is 2.13. The van der Waals surface area contributed by atoms with Gasteiger partial charge in [-0.2, -0.15) is 10.1 Å². The molecule has 0 radical (unpaired) electrons. The lowest BCUT2D eigenvalue weighted by molar-refractivity contribution is -0.131. The lowest BCUT2D eigenvalue weighted by Crippen LogP contribution is -2.33. The Labute approximate surface area is 146 Å². The quantitative estimate of drug-likeness (QED) is 0.849. The first kappa shape index (κ1) is 16.3. The Hall–Kier alpha value is -2.22. The van der Waals surface area contributed by atoms with Crippen molar-refractivity contribution in [3.8, 4) is 0 Å². The van der Waals surface area contributed by atoms with Crippen molar-refractivity contribution in [1.82, 2.24) is 30.1 Å². The Morgan fingerprint density at radius 1 is 1.40 bits per heavy atom. The van der Waals surface area contributed by atoms with Gasteiger partial charge in [0.15, 0.2) is 5.82 Å². The number of hydrogen-bond acceptors (Lipinski definition) is 6. The fraction of sp³-hybridized carbons (Fsp3) is 0.647. The first-order valence-corrected chi connectivity index (χ1v) is 8.99. The molecule has 0 spiro atoms. The van der Waals surface area contributed by atoms with E-state index in [2.05, 4.69) is 20.6 Å². The SMILES string of the molecule is CN(Cc1nc(C2CC2)no1)C(=O)Cn1nccc1[C@H]1CCCNC1. The van der Waals surface area contributed by atoms with Crippen LogP contribution in [-0.2, 0) is 17.9 Å². The summed E-state index contributed by atoms with van der Waals surface area (Å²) in [6, 6.07) is 2.02. The van der Waals surface area contributed by atoms with Crippen LogP contribution in [0.4, 0.5) is 0 Å². The molecule has 1 saturated carbocycles. The third-order valence-electron chi connectivity index (χ3n) is 4.97. The molecule has 1 saturated heterocycles. The van der Waals surface area contributed by atoms with E-state index >= 15 is 0 Å². The third-order valence-corrected chi connectivity index (χ3v) is 4.97. The fourth-order valence-electron chi connectivity index (χ4n) is 3.31. The van der Waals surface area contributed by atoms with Crippen LogP contribution < -0.4 is 5.32 Å². The third kappa shape index (κ3) is 3.73. The number of rotatable bonds is 6. The van der Waals surface area contributed by atoms with Gasteiger partial charge in [0.1, 0.15) is 6.54 Å². The van der Waals surface area contributed by atoms with Gasteiger partial charge in [-0.3, -0.25) is 9.48 Å². The minimum absolute atomic E-state index is 0.0140. The highest BCUT2D eigenvalue weighted by Crippen LogP contribution is 2.38. The molecule has 0 aromatic carbocycles. The predicted octanol–water partition coefficient (Wildman–Crippen LogP) is 1.27. The molecule has 0 bridgehead atoms. The number of aromatic nitrogens is 4. The van der Waals surface area contributed by atoms with Gasteiger partial charge in [0.2, 0.25) is 11.8 Å². The van der Waals surface area contributed by atoms with Gasteiger partial charge in [-0.15, -0.1) is 0 Å². The van der Waals surface area contributed by atoms with Gasteiger partial charge < -0.3 is 14.7 Å². The van der Waals surface area contributed by atoms with Crippen LogP contribution >= 0.6 is 0 Å². The van der Waals surface area contributed by atoms with Gasteiger partial charge in [-0.05, 0) is 38.3 Å². The molecule has 8 heteroatoms. The van der Waals surface area contributed by atoms with Crippen molar-refractivity contribution in [1.29, 1.82) is 0 Å². The van der Waals surface area contributed by atoms with Crippen molar-refractivity contribution < 1.29 is 9.32 Å². The monoisotopic (exact) mass is 344 g/mol. The number of piperidine rings is 1. The van der Waals surface area contributed by atoms with E-state index in [0.29, 0.717) is 24.3 Å². The summed E-state index contributed by atoms with van der Waals surface area (Å²) in [5, 5.41) is 11.8. The lowest BCUT2D eigenvalue weighted by atomic mass is 9.96. The molecule has 1 amide bonds. The number of likely N-dealkylation sites (N-methyl/N-ethyl adjacent to an activating group) is 1. The van der Waals surface area contributed by atoms with Gasteiger partial charge in [0.05, 0.1) is 6.54 Å². The van der Waals surface area contributed by atoms with E-state index in [4.69, 9.17) is 4.52 Å². The van der Waals surface area contributed by atoms with Gasteiger partial charge in [0, 0.05) is 37.3 Å². The smallest absolute Gasteiger partial charge is 0.246 e. The van der Waals surface area contributed by atoms with Crippen LogP contribution in [0.3, 0.4) is 0 Å². The first-order valence-electron chi connectivity index (χ1n) is 8.99. The topological polar surface area (TPSA) is 89.1 Å². The molecule has 1 aliphatic carbocycles. The van der Waals surface area contributed by atoms with E-state index in [1.165, 1.54) is 0 Å². The van der Waals surface area contributed by atoms with Crippen molar-refractivity contribution in [2.45, 2.75) is 50.6 Å². The van der Waals surface area contributed by atoms with Crippen LogP contribution in [0.1, 0.15) is 54.9 Å². The van der Waals surface area contributed by atoms with Crippen LogP contribution in [0.5, 0.6) is 0 Å². The number of nitrogens with zero attached hydrogens (tertiary/aromatic N) is 5. The zero-order valence-corrected chi connectivity index (χ0v) is 14.5. The molecular formula is C17H24N6O2. The molecule has 4 rings (SSSR count). The zero-order valence-electron chi connectivity index (χ0n) is 14.5. The average Bonchev–Trinajstić information content (AvgIpc) is 3.20. The molecule has 2 aromatic rings. The molecule has 2 fully saturated rings. The second kappa shape index (κ2) is 6.95. The summed E-state index contributed by atoms with van der Waals surface area (Å²) in [6.45, 7) is 2.58. The largest absolute Gasteiger partial charge is 0.337 e. The number of carbonyl (C=O) groups excluding carboxylic acids is 1. The Balaban J connectivity index is 1.36. The van der Waals surface area contributed by atoms with E-state index in [0.717, 1.165) is 50.3 Å². The van der Waals surface area contributed by atoms with Crippen molar-refractivity contribution >= 4 is 5.91 Å². The van der Waals surface area contributed by atoms with Crippen molar-refractivity contribution in [2.24, 2.45) is 0 Å². The number of nitrogens with one attached hydrogen (secondary N) is 1. The Morgan fingerprint density at radius 3 is 3.04 bits per heavy atom. The molecule has 2 aliphatic rings. The summed E-state index contributed by atoms with van der Waals surface area (Å²) >= 11 is 0. The van der Waals surface area contributed by atoms with Crippen LogP contribution in [0.15, 0.2) is 16.8 Å². The second-order valence-corrected chi connectivity index (χ2v) is 7.03. The molecule has 8 nitrogen and oxygen atoms in total. The summed E-state index contributed by atoms with van der Waals surface area (Å²) < 4.78 is 7.07. The zero-order chi connectivity index (χ0) is 17.2. The number of carbonyl (C=O) groups is 1. The fourth-order valence-corrected chi connectivity index (χ4v) is 3.31. The molecule has 2 aromatic heterocycles. The molecule has 3 heterocycles. The minimum Gasteiger partial charge on any atom is -0.337 e. The summed E-state index contributed by atoms with van der Waals surface area (Å²) in [4.78, 5) is 18.6. The normalized spacial score (nSPS) is 20.6. The van der Waals surface area contributed by atoms with E-state index in [1.807, 2.05) is 10.7 Å². The maximum absolute atomic E-state index is 12.6. The van der Waals surface area contributed by atoms with E-state index < -0.39 is 0 Å². The van der Waals surface area contributed by atoms with Crippen LogP contribution in [0, 0.1) is 0 Å². The van der Waals surface area contributed by atoms with Crippen LogP contribution in [0.25, 0.3) is 0 Å². The first-order chi connectivity index (χ1) is 12.2. The second-order valence-electron chi connectivity index (χ2n) is 7.03. The molecular weight excluding hydrogens is 320 g/mol. The Bertz CT molecular complexity index is 729. The minimum atomic E-state index is -0.0140. The maximum atomic E-state index is 12.6. The predicted molar refractivity (Wildman–Crippen MR) is 89.8 cm³/mol. The van der Waals surface area contributed by atoms with Gasteiger partial charge >= 0.3 is 0 Å². The summed E-state index contributed by atoms with van der Waals surface area (Å²) in [5.41, 5.74) is 1.13.